The summed E-state index contributed by atoms with van der Waals surface area (Å²) in [6, 6.07) is 7.95. The lowest BCUT2D eigenvalue weighted by Crippen LogP contribution is -2.31. The molecule has 1 aliphatic rings. The third-order valence-corrected chi connectivity index (χ3v) is 2.74. The van der Waals surface area contributed by atoms with Crippen LogP contribution in [0.15, 0.2) is 18.2 Å². The van der Waals surface area contributed by atoms with Gasteiger partial charge in [-0.2, -0.15) is 5.26 Å². The number of hydrogen-bond donors (Lipinski definition) is 1. The molecule has 0 radical (unpaired) electrons. The lowest BCUT2D eigenvalue weighted by molar-refractivity contribution is 0.415. The van der Waals surface area contributed by atoms with Gasteiger partial charge >= 0.3 is 0 Å². The molecule has 0 aliphatic carbocycles. The van der Waals surface area contributed by atoms with Gasteiger partial charge in [0.15, 0.2) is 0 Å². The normalized spacial score (nSPS) is 13.5. The Bertz CT molecular complexity index is 420. The fraction of sp³-hybridized carbons (Fsp3) is 0.417. The molecular formula is C12H16N4. The van der Waals surface area contributed by atoms with E-state index in [1.54, 1.807) is 0 Å². The van der Waals surface area contributed by atoms with Crippen LogP contribution in [-0.2, 0) is 0 Å². The molecule has 1 N–H and O–H groups in total. The third-order valence-electron chi connectivity index (χ3n) is 2.74. The fourth-order valence-corrected chi connectivity index (χ4v) is 1.81. The molecule has 84 valence electrons. The van der Waals surface area contributed by atoms with Crippen LogP contribution >= 0.6 is 0 Å². The van der Waals surface area contributed by atoms with Crippen LogP contribution < -0.4 is 10.2 Å². The summed E-state index contributed by atoms with van der Waals surface area (Å²) in [6.07, 6.45) is 0. The first-order valence-electron chi connectivity index (χ1n) is 5.38. The summed E-state index contributed by atoms with van der Waals surface area (Å²) < 4.78 is 0. The van der Waals surface area contributed by atoms with Gasteiger partial charge in [0.25, 0.3) is 0 Å². The Labute approximate surface area is 96.1 Å². The highest BCUT2D eigenvalue weighted by atomic mass is 15.3. The van der Waals surface area contributed by atoms with E-state index in [0.29, 0.717) is 5.56 Å². The third kappa shape index (κ3) is 2.10. The zero-order valence-electron chi connectivity index (χ0n) is 9.70. The van der Waals surface area contributed by atoms with Crippen LogP contribution in [0.2, 0.25) is 0 Å². The van der Waals surface area contributed by atoms with E-state index in [1.165, 1.54) is 5.69 Å². The number of nitriles is 1. The second-order valence-electron chi connectivity index (χ2n) is 4.25. The number of rotatable bonds is 3. The molecule has 2 rings (SSSR count). The predicted molar refractivity (Wildman–Crippen MR) is 65.5 cm³/mol. The molecule has 0 bridgehead atoms. The summed E-state index contributed by atoms with van der Waals surface area (Å²) in [5.74, 6) is 0. The van der Waals surface area contributed by atoms with E-state index in [-0.39, 0.29) is 0 Å². The molecule has 0 unspecified atom stereocenters. The van der Waals surface area contributed by atoms with Crippen molar-refractivity contribution in [1.82, 2.24) is 4.90 Å². The van der Waals surface area contributed by atoms with Gasteiger partial charge in [-0.15, -0.1) is 0 Å². The first kappa shape index (κ1) is 10.8. The van der Waals surface area contributed by atoms with Gasteiger partial charge in [0, 0.05) is 13.1 Å². The molecular weight excluding hydrogens is 200 g/mol. The Morgan fingerprint density at radius 1 is 1.50 bits per heavy atom. The van der Waals surface area contributed by atoms with Gasteiger partial charge < -0.3 is 15.1 Å². The predicted octanol–water partition coefficient (Wildman–Crippen LogP) is 1.31. The van der Waals surface area contributed by atoms with Crippen LogP contribution in [0.3, 0.4) is 0 Å². The van der Waals surface area contributed by atoms with Gasteiger partial charge in [-0.1, -0.05) is 0 Å². The minimum Gasteiger partial charge on any atom is -0.366 e. The molecule has 0 aromatic heterocycles. The van der Waals surface area contributed by atoms with Crippen molar-refractivity contribution in [2.24, 2.45) is 0 Å². The van der Waals surface area contributed by atoms with Crippen LogP contribution in [0.5, 0.6) is 0 Å². The van der Waals surface area contributed by atoms with Gasteiger partial charge in [0.05, 0.1) is 29.7 Å². The number of nitrogens with zero attached hydrogens (tertiary/aromatic N) is 3. The zero-order chi connectivity index (χ0) is 11.5. The Kier molecular flexibility index (Phi) is 2.97. The second-order valence-corrected chi connectivity index (χ2v) is 4.25. The van der Waals surface area contributed by atoms with E-state index in [0.717, 1.165) is 25.4 Å². The summed E-state index contributed by atoms with van der Waals surface area (Å²) in [6.45, 7) is 2.86. The highest BCUT2D eigenvalue weighted by molar-refractivity contribution is 5.76. The number of nitrogens with one attached hydrogen (secondary N) is 1. The van der Waals surface area contributed by atoms with Crippen LogP contribution in [0, 0.1) is 11.3 Å². The number of benzene rings is 1. The summed E-state index contributed by atoms with van der Waals surface area (Å²) in [5, 5.41) is 12.1. The Balaban J connectivity index is 2.12. The van der Waals surface area contributed by atoms with Gasteiger partial charge in [-0.05, 0) is 32.3 Å². The molecule has 0 saturated heterocycles. The molecule has 1 aromatic carbocycles. The molecule has 0 fully saturated rings. The molecule has 4 nitrogen and oxygen atoms in total. The van der Waals surface area contributed by atoms with E-state index in [1.807, 2.05) is 18.2 Å². The number of anilines is 2. The van der Waals surface area contributed by atoms with Gasteiger partial charge in [-0.3, -0.25) is 0 Å². The lowest BCUT2D eigenvalue weighted by atomic mass is 10.2. The van der Waals surface area contributed by atoms with Crippen molar-refractivity contribution >= 4 is 11.4 Å². The van der Waals surface area contributed by atoms with Crippen LogP contribution in [0.1, 0.15) is 5.56 Å². The quantitative estimate of drug-likeness (QED) is 0.827. The van der Waals surface area contributed by atoms with E-state index in [9.17, 15) is 0 Å². The lowest BCUT2D eigenvalue weighted by Gasteiger charge is -2.20. The summed E-state index contributed by atoms with van der Waals surface area (Å²) in [5.41, 5.74) is 2.97. The van der Waals surface area contributed by atoms with Gasteiger partial charge in [0.1, 0.15) is 0 Å². The maximum absolute atomic E-state index is 8.81. The molecule has 0 amide bonds. The van der Waals surface area contributed by atoms with Gasteiger partial charge in [0.2, 0.25) is 0 Å². The topological polar surface area (TPSA) is 42.3 Å². The summed E-state index contributed by atoms with van der Waals surface area (Å²) >= 11 is 0. The van der Waals surface area contributed by atoms with E-state index in [4.69, 9.17) is 5.26 Å². The fourth-order valence-electron chi connectivity index (χ4n) is 1.81. The maximum atomic E-state index is 8.81. The summed E-state index contributed by atoms with van der Waals surface area (Å²) in [7, 11) is 4.15. The summed E-state index contributed by atoms with van der Waals surface area (Å²) in [4.78, 5) is 4.46. The molecule has 1 aliphatic heterocycles. The highest BCUT2D eigenvalue weighted by Gasteiger charge is 2.18. The molecule has 0 atom stereocenters. The van der Waals surface area contributed by atoms with Gasteiger partial charge in [-0.25, -0.2) is 0 Å². The highest BCUT2D eigenvalue weighted by Crippen LogP contribution is 2.31. The average molecular weight is 216 g/mol. The molecule has 1 heterocycles. The van der Waals surface area contributed by atoms with Crippen molar-refractivity contribution in [2.75, 3.05) is 44.1 Å². The molecule has 4 heteroatoms. The number of fused-ring (bicyclic) bond motifs is 1. The standard InChI is InChI=1S/C12H16N4/c1-15(2)5-6-16-9-14-11-7-10(8-13)3-4-12(11)16/h3-4,7,14H,5-6,9H2,1-2H3. The first-order chi connectivity index (χ1) is 7.70. The van der Waals surface area contributed by atoms with Crippen molar-refractivity contribution in [2.45, 2.75) is 0 Å². The van der Waals surface area contributed by atoms with E-state index in [2.05, 4.69) is 35.3 Å². The second kappa shape index (κ2) is 4.42. The largest absolute Gasteiger partial charge is 0.366 e. The monoisotopic (exact) mass is 216 g/mol. The molecule has 0 spiro atoms. The van der Waals surface area contributed by atoms with Crippen molar-refractivity contribution < 1.29 is 0 Å². The first-order valence-corrected chi connectivity index (χ1v) is 5.38. The zero-order valence-corrected chi connectivity index (χ0v) is 9.70. The smallest absolute Gasteiger partial charge is 0.0992 e. The van der Waals surface area contributed by atoms with E-state index < -0.39 is 0 Å². The Morgan fingerprint density at radius 2 is 2.31 bits per heavy atom. The van der Waals surface area contributed by atoms with Crippen molar-refractivity contribution in [3.8, 4) is 6.07 Å². The minimum absolute atomic E-state index is 0.709. The number of likely N-dealkylation sites (N-methyl/N-ethyl adjacent to an activating group) is 1. The number of hydrogen-bond acceptors (Lipinski definition) is 4. The van der Waals surface area contributed by atoms with Crippen LogP contribution in [0.25, 0.3) is 0 Å². The molecule has 16 heavy (non-hydrogen) atoms. The minimum atomic E-state index is 0.709. The molecule has 1 aromatic rings. The van der Waals surface area contributed by atoms with Crippen molar-refractivity contribution in [1.29, 1.82) is 5.26 Å². The van der Waals surface area contributed by atoms with Crippen molar-refractivity contribution in [3.63, 3.8) is 0 Å². The maximum Gasteiger partial charge on any atom is 0.0992 e. The Morgan fingerprint density at radius 3 is 3.00 bits per heavy atom. The Hall–Kier alpha value is -1.73. The average Bonchev–Trinajstić information content (AvgIpc) is 2.68. The van der Waals surface area contributed by atoms with Crippen molar-refractivity contribution in [3.05, 3.63) is 23.8 Å². The van der Waals surface area contributed by atoms with E-state index >= 15 is 0 Å². The van der Waals surface area contributed by atoms with Crippen LogP contribution in [-0.4, -0.2) is 38.8 Å². The SMILES string of the molecule is CN(C)CCN1CNc2cc(C#N)ccc21. The molecule has 0 saturated carbocycles. The van der Waals surface area contributed by atoms with Crippen LogP contribution in [0.4, 0.5) is 11.4 Å².